The lowest BCUT2D eigenvalue weighted by molar-refractivity contribution is 0.0497. The second kappa shape index (κ2) is 7.93. The van der Waals surface area contributed by atoms with E-state index in [2.05, 4.69) is 6.92 Å². The number of benzene rings is 1. The number of aryl methyl sites for hydroxylation is 1. The van der Waals surface area contributed by atoms with E-state index in [-0.39, 0.29) is 5.97 Å². The third-order valence-corrected chi connectivity index (χ3v) is 3.87. The van der Waals surface area contributed by atoms with Gasteiger partial charge in [-0.05, 0) is 49.4 Å². The SMILES string of the molecule is CCCCCCOC(=O)c1cc(CC)c(N)c(C)c1C. The van der Waals surface area contributed by atoms with Gasteiger partial charge in [0, 0.05) is 5.69 Å². The maximum atomic E-state index is 12.2. The van der Waals surface area contributed by atoms with Crippen LogP contribution in [0.25, 0.3) is 0 Å². The molecule has 3 nitrogen and oxygen atoms in total. The van der Waals surface area contributed by atoms with Gasteiger partial charge < -0.3 is 10.5 Å². The van der Waals surface area contributed by atoms with Crippen LogP contribution < -0.4 is 5.73 Å². The van der Waals surface area contributed by atoms with E-state index in [4.69, 9.17) is 10.5 Å². The van der Waals surface area contributed by atoms with Gasteiger partial charge in [0.05, 0.1) is 12.2 Å². The lowest BCUT2D eigenvalue weighted by atomic mass is 9.96. The zero-order chi connectivity index (χ0) is 15.1. The minimum Gasteiger partial charge on any atom is -0.462 e. The van der Waals surface area contributed by atoms with Gasteiger partial charge in [0.2, 0.25) is 0 Å². The maximum Gasteiger partial charge on any atom is 0.338 e. The number of hydrogen-bond donors (Lipinski definition) is 1. The molecule has 112 valence electrons. The molecular weight excluding hydrogens is 250 g/mol. The van der Waals surface area contributed by atoms with Gasteiger partial charge in [-0.3, -0.25) is 0 Å². The first-order valence-electron chi connectivity index (χ1n) is 7.58. The summed E-state index contributed by atoms with van der Waals surface area (Å²) in [5, 5.41) is 0. The van der Waals surface area contributed by atoms with E-state index in [0.717, 1.165) is 41.6 Å². The van der Waals surface area contributed by atoms with Crippen molar-refractivity contribution >= 4 is 11.7 Å². The van der Waals surface area contributed by atoms with Crippen LogP contribution in [0.2, 0.25) is 0 Å². The van der Waals surface area contributed by atoms with Gasteiger partial charge in [0.25, 0.3) is 0 Å². The summed E-state index contributed by atoms with van der Waals surface area (Å²) in [6.07, 6.45) is 5.25. The lowest BCUT2D eigenvalue weighted by Gasteiger charge is -2.14. The molecule has 0 fully saturated rings. The molecule has 0 unspecified atom stereocenters. The summed E-state index contributed by atoms with van der Waals surface area (Å²) in [4.78, 5) is 12.2. The second-order valence-corrected chi connectivity index (χ2v) is 5.30. The fraction of sp³-hybridized carbons (Fsp3) is 0.588. The van der Waals surface area contributed by atoms with Gasteiger partial charge in [-0.2, -0.15) is 0 Å². The molecule has 0 heterocycles. The van der Waals surface area contributed by atoms with E-state index < -0.39 is 0 Å². The Hall–Kier alpha value is -1.51. The monoisotopic (exact) mass is 277 g/mol. The number of rotatable bonds is 7. The molecule has 1 aromatic carbocycles. The van der Waals surface area contributed by atoms with Crippen LogP contribution in [-0.2, 0) is 11.2 Å². The van der Waals surface area contributed by atoms with Gasteiger partial charge in [-0.25, -0.2) is 4.79 Å². The third kappa shape index (κ3) is 3.99. The number of nitrogen functional groups attached to an aromatic ring is 1. The average Bonchev–Trinajstić information content (AvgIpc) is 2.44. The highest BCUT2D eigenvalue weighted by Gasteiger charge is 2.16. The molecule has 0 saturated carbocycles. The summed E-state index contributed by atoms with van der Waals surface area (Å²) in [5.41, 5.74) is 10.5. The van der Waals surface area contributed by atoms with Gasteiger partial charge in [-0.1, -0.05) is 33.1 Å². The molecular formula is C17H27NO2. The average molecular weight is 277 g/mol. The maximum absolute atomic E-state index is 12.2. The molecule has 0 amide bonds. The van der Waals surface area contributed by atoms with Crippen molar-refractivity contribution in [2.75, 3.05) is 12.3 Å². The van der Waals surface area contributed by atoms with Gasteiger partial charge in [0.1, 0.15) is 0 Å². The van der Waals surface area contributed by atoms with Crippen LogP contribution in [0, 0.1) is 13.8 Å². The van der Waals surface area contributed by atoms with Crippen LogP contribution in [0.4, 0.5) is 5.69 Å². The Morgan fingerprint density at radius 1 is 1.15 bits per heavy atom. The summed E-state index contributed by atoms with van der Waals surface area (Å²) in [7, 11) is 0. The standard InChI is InChI=1S/C17H27NO2/c1-5-7-8-9-10-20-17(19)15-11-14(6-2)16(18)13(4)12(15)3/h11H,5-10,18H2,1-4H3. The number of anilines is 1. The topological polar surface area (TPSA) is 52.3 Å². The molecule has 1 aromatic rings. The molecule has 0 saturated heterocycles. The highest BCUT2D eigenvalue weighted by atomic mass is 16.5. The minimum absolute atomic E-state index is 0.225. The van der Waals surface area contributed by atoms with Crippen LogP contribution in [0.1, 0.15) is 66.6 Å². The van der Waals surface area contributed by atoms with Crippen molar-refractivity contribution in [2.24, 2.45) is 0 Å². The van der Waals surface area contributed by atoms with E-state index in [1.807, 2.05) is 26.8 Å². The van der Waals surface area contributed by atoms with Crippen LogP contribution in [-0.4, -0.2) is 12.6 Å². The Morgan fingerprint density at radius 3 is 2.45 bits per heavy atom. The Kier molecular flexibility index (Phi) is 6.56. The first-order chi connectivity index (χ1) is 9.52. The first kappa shape index (κ1) is 16.5. The van der Waals surface area contributed by atoms with Crippen molar-refractivity contribution in [1.29, 1.82) is 0 Å². The number of unbranched alkanes of at least 4 members (excludes halogenated alkanes) is 3. The van der Waals surface area contributed by atoms with E-state index >= 15 is 0 Å². The first-order valence-corrected chi connectivity index (χ1v) is 7.58. The van der Waals surface area contributed by atoms with Crippen molar-refractivity contribution in [1.82, 2.24) is 0 Å². The Labute approximate surface area is 122 Å². The van der Waals surface area contributed by atoms with E-state index in [1.165, 1.54) is 12.8 Å². The van der Waals surface area contributed by atoms with E-state index in [1.54, 1.807) is 0 Å². The van der Waals surface area contributed by atoms with E-state index in [0.29, 0.717) is 12.2 Å². The second-order valence-electron chi connectivity index (χ2n) is 5.30. The van der Waals surface area contributed by atoms with Crippen molar-refractivity contribution in [3.8, 4) is 0 Å². The number of esters is 1. The van der Waals surface area contributed by atoms with Gasteiger partial charge in [-0.15, -0.1) is 0 Å². The molecule has 0 spiro atoms. The Bertz CT molecular complexity index is 467. The van der Waals surface area contributed by atoms with Crippen LogP contribution in [0.3, 0.4) is 0 Å². The predicted molar refractivity (Wildman–Crippen MR) is 84.1 cm³/mol. The zero-order valence-electron chi connectivity index (χ0n) is 13.2. The molecule has 0 aromatic heterocycles. The molecule has 20 heavy (non-hydrogen) atoms. The third-order valence-electron chi connectivity index (χ3n) is 3.87. The summed E-state index contributed by atoms with van der Waals surface area (Å²) in [6.45, 7) is 8.60. The van der Waals surface area contributed by atoms with Crippen molar-refractivity contribution < 1.29 is 9.53 Å². The Morgan fingerprint density at radius 2 is 1.85 bits per heavy atom. The summed E-state index contributed by atoms with van der Waals surface area (Å²) in [6, 6.07) is 1.88. The lowest BCUT2D eigenvalue weighted by Crippen LogP contribution is -2.11. The number of carbonyl (C=O) groups is 1. The normalized spacial score (nSPS) is 10.6. The number of carbonyl (C=O) groups excluding carboxylic acids is 1. The fourth-order valence-electron chi connectivity index (χ4n) is 2.28. The highest BCUT2D eigenvalue weighted by molar-refractivity contribution is 5.92. The van der Waals surface area contributed by atoms with Crippen molar-refractivity contribution in [3.63, 3.8) is 0 Å². The van der Waals surface area contributed by atoms with Crippen LogP contribution in [0.15, 0.2) is 6.07 Å². The van der Waals surface area contributed by atoms with Gasteiger partial charge >= 0.3 is 5.97 Å². The fourth-order valence-corrected chi connectivity index (χ4v) is 2.28. The van der Waals surface area contributed by atoms with Gasteiger partial charge in [0.15, 0.2) is 0 Å². The number of ether oxygens (including phenoxy) is 1. The predicted octanol–water partition coefficient (Wildman–Crippen LogP) is 4.19. The quantitative estimate of drug-likeness (QED) is 0.462. The zero-order valence-corrected chi connectivity index (χ0v) is 13.2. The molecule has 0 atom stereocenters. The molecule has 0 bridgehead atoms. The Balaban J connectivity index is 2.75. The molecule has 1 rings (SSSR count). The molecule has 0 aliphatic carbocycles. The summed E-state index contributed by atoms with van der Waals surface area (Å²) < 4.78 is 5.37. The molecule has 0 radical (unpaired) electrons. The highest BCUT2D eigenvalue weighted by Crippen LogP contribution is 2.25. The van der Waals surface area contributed by atoms with E-state index in [9.17, 15) is 4.79 Å². The molecule has 2 N–H and O–H groups in total. The van der Waals surface area contributed by atoms with Crippen molar-refractivity contribution in [2.45, 2.75) is 59.8 Å². The summed E-state index contributed by atoms with van der Waals surface area (Å²) in [5.74, 6) is -0.225. The minimum atomic E-state index is -0.225. The smallest absolute Gasteiger partial charge is 0.338 e. The summed E-state index contributed by atoms with van der Waals surface area (Å²) >= 11 is 0. The number of nitrogens with two attached hydrogens (primary N) is 1. The molecule has 0 aliphatic rings. The van der Waals surface area contributed by atoms with Crippen molar-refractivity contribution in [3.05, 3.63) is 28.3 Å². The largest absolute Gasteiger partial charge is 0.462 e. The molecule has 3 heteroatoms. The van der Waals surface area contributed by atoms with Crippen LogP contribution >= 0.6 is 0 Å². The van der Waals surface area contributed by atoms with Crippen LogP contribution in [0.5, 0.6) is 0 Å². The number of hydrogen-bond acceptors (Lipinski definition) is 3. The molecule has 0 aliphatic heterocycles.